The molecule has 4 saturated carbocycles. The van der Waals surface area contributed by atoms with Crippen LogP contribution >= 0.6 is 0 Å². The minimum Gasteiger partial charge on any atom is -0.394 e. The standard InChI is InChI=1S/C55H88O27/c1-21-7-10-55(73-17-21)22(2)34-28(82-55)12-27-25-6-5-23-11-24(8-9-52(23,3)26(25)13-33(60)53(27,34)4)74-48-42(68)39(65)43(31(16-58)77-48)79-50-45(81-49-41(67)38(64)35(61)29(14-56)75-49)44(37(63)30(15-57)76-50)80-47-40(66)36(62)32(18-71-47)78-51-46(69)54(70,19-59)20-72-51/h21-32,34-51,56-59,61-70H,5-20H2,1-4H3/t21-,22+,23+,24+,25-,26+,27+,28+,29-,30-,31-,32-,34+,35-,36+,37-,38+,39-,40-,41-,42-,43+,44+,45-,46+,47+,48-,49+,50+,51+,52+,53-,54-,55-/m1/s1. The monoisotopic (exact) mass is 1180 g/mol. The van der Waals surface area contributed by atoms with Crippen LogP contribution < -0.4 is 0 Å². The fourth-order valence-electron chi connectivity index (χ4n) is 16.7. The molecule has 11 fully saturated rings. The first-order valence-corrected chi connectivity index (χ1v) is 29.6. The summed E-state index contributed by atoms with van der Waals surface area (Å²) in [4.78, 5) is 14.8. The SMILES string of the molecule is C[C@@H]1CC[C@@]2(OC1)O[C@H]1C[C@H]3[C@@H]4CC[C@H]5C[C@@H](O[C@@H]6O[C@H](CO)[C@H](O[C@@H]7O[C@H](CO)[C@@H](O)[C@H](O[C@@H]8OC[C@@H](O[C@@H]9OC[C@](O)(CO)[C@H]9O)[C@H](O)[C@H]8O)[C@H]7O[C@@H]7O[C@H](CO)[C@@H](O)[C@H](O)[C@H]7O)[C@H](O)[C@H]6O)CC[C@]5(C)[C@H]4CC(=O)[C@]3(C)[C@H]1[C@@H]2C. The summed E-state index contributed by atoms with van der Waals surface area (Å²) >= 11 is 0. The molecule has 1 spiro atoms. The second-order valence-electron chi connectivity index (χ2n) is 26.2. The minimum absolute atomic E-state index is 0.0288. The van der Waals surface area contributed by atoms with Gasteiger partial charge >= 0.3 is 0 Å². The molecule has 4 aliphatic carbocycles. The van der Waals surface area contributed by atoms with Crippen LogP contribution in [0.3, 0.4) is 0 Å². The van der Waals surface area contributed by atoms with Crippen molar-refractivity contribution in [1.82, 2.24) is 0 Å². The number of aliphatic hydroxyl groups is 14. The molecule has 0 aromatic rings. The molecule has 11 aliphatic rings. The normalized spacial score (nSPS) is 56.9. The Labute approximate surface area is 474 Å². The zero-order valence-electron chi connectivity index (χ0n) is 46.7. The zero-order chi connectivity index (χ0) is 58.7. The molecule has 11 rings (SSSR count). The Morgan fingerprint density at radius 3 is 1.91 bits per heavy atom. The average Bonchev–Trinajstić information content (AvgIpc) is 1.67. The van der Waals surface area contributed by atoms with E-state index in [4.69, 9.17) is 56.8 Å². The molecule has 0 aromatic carbocycles. The second kappa shape index (κ2) is 23.9. The molecule has 470 valence electrons. The van der Waals surface area contributed by atoms with E-state index in [9.17, 15) is 76.3 Å². The molecule has 14 N–H and O–H groups in total. The Morgan fingerprint density at radius 2 is 1.23 bits per heavy atom. The van der Waals surface area contributed by atoms with Crippen molar-refractivity contribution in [2.75, 3.05) is 46.2 Å². The fourth-order valence-corrected chi connectivity index (χ4v) is 16.7. The van der Waals surface area contributed by atoms with Gasteiger partial charge in [0.2, 0.25) is 0 Å². The first-order valence-electron chi connectivity index (χ1n) is 29.6. The third-order valence-corrected chi connectivity index (χ3v) is 21.7. The van der Waals surface area contributed by atoms with Crippen molar-refractivity contribution in [1.29, 1.82) is 0 Å². The quantitative estimate of drug-likeness (QED) is 0.0728. The van der Waals surface area contributed by atoms with Gasteiger partial charge in [-0.25, -0.2) is 0 Å². The lowest BCUT2D eigenvalue weighted by Crippen LogP contribution is -2.68. The van der Waals surface area contributed by atoms with E-state index in [1.54, 1.807) is 0 Å². The third-order valence-electron chi connectivity index (χ3n) is 21.7. The summed E-state index contributed by atoms with van der Waals surface area (Å²) in [6.45, 7) is 4.92. The van der Waals surface area contributed by atoms with Crippen LogP contribution in [0.15, 0.2) is 0 Å². The number of Topliss-reactive ketones (excluding diaryl/α,β-unsaturated/α-hetero) is 1. The summed E-state index contributed by atoms with van der Waals surface area (Å²) in [7, 11) is 0. The van der Waals surface area contributed by atoms with Crippen LogP contribution in [0.5, 0.6) is 0 Å². The van der Waals surface area contributed by atoms with Gasteiger partial charge in [0.1, 0.15) is 109 Å². The second-order valence-corrected chi connectivity index (χ2v) is 26.2. The molecule has 0 amide bonds. The summed E-state index contributed by atoms with van der Waals surface area (Å²) in [5, 5.41) is 152. The summed E-state index contributed by atoms with van der Waals surface area (Å²) < 4.78 is 72.7. The highest BCUT2D eigenvalue weighted by atomic mass is 16.8. The van der Waals surface area contributed by atoms with E-state index in [-0.39, 0.29) is 41.1 Å². The highest BCUT2D eigenvalue weighted by Crippen LogP contribution is 2.70. The highest BCUT2D eigenvalue weighted by Gasteiger charge is 2.72. The number of aliphatic hydroxyl groups excluding tert-OH is 13. The summed E-state index contributed by atoms with van der Waals surface area (Å²) in [6, 6.07) is 0. The van der Waals surface area contributed by atoms with Crippen molar-refractivity contribution in [2.24, 2.45) is 52.3 Å². The smallest absolute Gasteiger partial charge is 0.187 e. The van der Waals surface area contributed by atoms with Gasteiger partial charge in [-0.2, -0.15) is 0 Å². The van der Waals surface area contributed by atoms with Gasteiger partial charge in [-0.1, -0.05) is 27.7 Å². The lowest BCUT2D eigenvalue weighted by atomic mass is 9.44. The fraction of sp³-hybridized carbons (Fsp3) is 0.982. The Kier molecular flexibility index (Phi) is 18.1. The van der Waals surface area contributed by atoms with Crippen LogP contribution in [-0.2, 0) is 61.6 Å². The van der Waals surface area contributed by atoms with Gasteiger partial charge in [-0.15, -0.1) is 0 Å². The van der Waals surface area contributed by atoms with Crippen molar-refractivity contribution in [3.8, 4) is 0 Å². The summed E-state index contributed by atoms with van der Waals surface area (Å²) in [6.07, 6.45) is -31.4. The highest BCUT2D eigenvalue weighted by molar-refractivity contribution is 5.87. The molecule has 82 heavy (non-hydrogen) atoms. The predicted molar refractivity (Wildman–Crippen MR) is 269 cm³/mol. The van der Waals surface area contributed by atoms with E-state index in [0.29, 0.717) is 43.5 Å². The van der Waals surface area contributed by atoms with Crippen LogP contribution in [0.1, 0.15) is 85.5 Å². The van der Waals surface area contributed by atoms with Crippen LogP contribution in [0.2, 0.25) is 0 Å². The average molecular weight is 1180 g/mol. The van der Waals surface area contributed by atoms with Gasteiger partial charge in [0, 0.05) is 30.1 Å². The first kappa shape index (κ1) is 62.2. The maximum Gasteiger partial charge on any atom is 0.187 e. The van der Waals surface area contributed by atoms with E-state index in [1.807, 2.05) is 0 Å². The van der Waals surface area contributed by atoms with E-state index >= 15 is 0 Å². The van der Waals surface area contributed by atoms with Crippen molar-refractivity contribution in [3.05, 3.63) is 0 Å². The number of hydrogen-bond donors (Lipinski definition) is 14. The third kappa shape index (κ3) is 10.5. The van der Waals surface area contributed by atoms with E-state index < -0.39 is 192 Å². The Hall–Kier alpha value is -1.37. The molecule has 7 aliphatic heterocycles. The lowest BCUT2D eigenvalue weighted by Gasteiger charge is -2.60. The number of carbonyl (C=O) groups is 1. The van der Waals surface area contributed by atoms with E-state index in [0.717, 1.165) is 38.5 Å². The van der Waals surface area contributed by atoms with Crippen LogP contribution in [-0.4, -0.2) is 276 Å². The van der Waals surface area contributed by atoms with Gasteiger partial charge in [0.15, 0.2) is 37.2 Å². The number of rotatable bonds is 14. The van der Waals surface area contributed by atoms with E-state index in [1.165, 1.54) is 0 Å². The summed E-state index contributed by atoms with van der Waals surface area (Å²) in [5.41, 5.74) is -2.76. The molecule has 0 unspecified atom stereocenters. The van der Waals surface area contributed by atoms with Crippen molar-refractivity contribution >= 4 is 5.78 Å². The van der Waals surface area contributed by atoms with Gasteiger partial charge in [0.05, 0.1) is 58.5 Å². The van der Waals surface area contributed by atoms with Crippen LogP contribution in [0.25, 0.3) is 0 Å². The molecule has 27 heteroatoms. The van der Waals surface area contributed by atoms with E-state index in [2.05, 4.69) is 27.7 Å². The lowest BCUT2D eigenvalue weighted by molar-refractivity contribution is -0.405. The number of fused-ring (bicyclic) bond motifs is 7. The number of ether oxygens (including phenoxy) is 12. The predicted octanol–water partition coefficient (Wildman–Crippen LogP) is -4.63. The van der Waals surface area contributed by atoms with Crippen molar-refractivity contribution in [3.63, 3.8) is 0 Å². The molecule has 7 heterocycles. The number of ketones is 1. The first-order chi connectivity index (χ1) is 38.9. The molecular formula is C55H88O27. The van der Waals surface area contributed by atoms with Gasteiger partial charge in [-0.05, 0) is 80.0 Å². The molecule has 34 atom stereocenters. The summed E-state index contributed by atoms with van der Waals surface area (Å²) in [5.74, 6) is 1.23. The molecule has 27 nitrogen and oxygen atoms in total. The van der Waals surface area contributed by atoms with Crippen molar-refractivity contribution in [2.45, 2.75) is 238 Å². The minimum atomic E-state index is -2.08. The molecule has 0 radical (unpaired) electrons. The van der Waals surface area contributed by atoms with Crippen LogP contribution in [0, 0.1) is 52.3 Å². The van der Waals surface area contributed by atoms with Crippen molar-refractivity contribution < 1.29 is 133 Å². The largest absolute Gasteiger partial charge is 0.394 e. The Bertz CT molecular complexity index is 2190. The van der Waals surface area contributed by atoms with Gasteiger partial charge in [0.25, 0.3) is 0 Å². The number of carbonyl (C=O) groups excluding carboxylic acids is 1. The van der Waals surface area contributed by atoms with Gasteiger partial charge in [-0.3, -0.25) is 4.79 Å². The zero-order valence-corrected chi connectivity index (χ0v) is 46.7. The molecule has 0 bridgehead atoms. The molecular weight excluding hydrogens is 1090 g/mol. The topological polar surface area (TPSA) is 411 Å². The van der Waals surface area contributed by atoms with Gasteiger partial charge < -0.3 is 128 Å². The Balaban J connectivity index is 0.766. The molecule has 0 aromatic heterocycles. The number of hydrogen-bond acceptors (Lipinski definition) is 27. The molecule has 7 saturated heterocycles. The van der Waals surface area contributed by atoms with Crippen LogP contribution in [0.4, 0.5) is 0 Å². The maximum absolute atomic E-state index is 14.8. The maximum atomic E-state index is 14.8. The Morgan fingerprint density at radius 1 is 0.585 bits per heavy atom.